The van der Waals surface area contributed by atoms with Crippen LogP contribution >= 0.6 is 11.8 Å². The zero-order valence-corrected chi connectivity index (χ0v) is 13.7. The maximum absolute atomic E-state index is 12.3. The number of carbonyl (C=O) groups is 1. The average molecular weight is 317 g/mol. The van der Waals surface area contributed by atoms with Crippen LogP contribution < -0.4 is 10.9 Å². The van der Waals surface area contributed by atoms with Gasteiger partial charge in [0.15, 0.2) is 5.16 Å². The highest BCUT2D eigenvalue weighted by Gasteiger charge is 2.16. The van der Waals surface area contributed by atoms with Crippen LogP contribution in [0.3, 0.4) is 0 Å². The molecule has 1 heterocycles. The van der Waals surface area contributed by atoms with Gasteiger partial charge in [-0.05, 0) is 31.9 Å². The van der Waals surface area contributed by atoms with E-state index in [9.17, 15) is 9.59 Å². The van der Waals surface area contributed by atoms with Gasteiger partial charge in [-0.1, -0.05) is 36.9 Å². The number of nitrogens with one attached hydrogen (secondary N) is 2. The molecule has 0 saturated carbocycles. The minimum atomic E-state index is -0.366. The molecule has 1 atom stereocenters. The number of hydrogen-bond acceptors (Lipinski definition) is 4. The minimum absolute atomic E-state index is 0.121. The number of para-hydroxylation sites is 1. The molecule has 22 heavy (non-hydrogen) atoms. The number of amides is 1. The van der Waals surface area contributed by atoms with E-state index >= 15 is 0 Å². The summed E-state index contributed by atoms with van der Waals surface area (Å²) in [5.41, 5.74) is 2.33. The monoisotopic (exact) mass is 317 g/mol. The number of aromatic nitrogens is 2. The number of thioether (sulfide) groups is 1. The summed E-state index contributed by atoms with van der Waals surface area (Å²) in [6, 6.07) is 9.08. The van der Waals surface area contributed by atoms with Crippen LogP contribution in [0.15, 0.2) is 40.3 Å². The van der Waals surface area contributed by atoms with Crippen molar-refractivity contribution in [2.45, 2.75) is 37.6 Å². The first-order valence-electron chi connectivity index (χ1n) is 7.13. The molecule has 0 bridgehead atoms. The third kappa shape index (κ3) is 4.21. The van der Waals surface area contributed by atoms with Crippen molar-refractivity contribution >= 4 is 23.4 Å². The van der Waals surface area contributed by atoms with Gasteiger partial charge in [-0.3, -0.25) is 9.59 Å². The Morgan fingerprint density at radius 3 is 2.82 bits per heavy atom. The number of aryl methyl sites for hydroxylation is 2. The van der Waals surface area contributed by atoms with Crippen molar-refractivity contribution in [3.63, 3.8) is 0 Å². The lowest BCUT2D eigenvalue weighted by atomic mass is 10.2. The molecular weight excluding hydrogens is 298 g/mol. The molecule has 2 N–H and O–H groups in total. The van der Waals surface area contributed by atoms with Gasteiger partial charge in [-0.25, -0.2) is 4.98 Å². The van der Waals surface area contributed by atoms with Crippen LogP contribution in [0.25, 0.3) is 0 Å². The second-order valence-electron chi connectivity index (χ2n) is 4.96. The summed E-state index contributed by atoms with van der Waals surface area (Å²) >= 11 is 1.24. The Kier molecular flexibility index (Phi) is 5.38. The summed E-state index contributed by atoms with van der Waals surface area (Å²) in [4.78, 5) is 30.8. The number of H-pyrrole nitrogens is 1. The molecule has 5 nitrogen and oxygen atoms in total. The van der Waals surface area contributed by atoms with Crippen LogP contribution in [0.2, 0.25) is 0 Å². The second-order valence-corrected chi connectivity index (χ2v) is 6.29. The van der Waals surface area contributed by atoms with Crippen molar-refractivity contribution in [2.75, 3.05) is 5.32 Å². The van der Waals surface area contributed by atoms with Gasteiger partial charge < -0.3 is 10.3 Å². The van der Waals surface area contributed by atoms with Crippen molar-refractivity contribution in [3.8, 4) is 0 Å². The number of nitrogens with zero attached hydrogens (tertiary/aromatic N) is 1. The number of anilines is 1. The van der Waals surface area contributed by atoms with E-state index in [1.807, 2.05) is 38.1 Å². The maximum Gasteiger partial charge on any atom is 0.251 e. The summed E-state index contributed by atoms with van der Waals surface area (Å²) < 4.78 is 0. The van der Waals surface area contributed by atoms with E-state index in [2.05, 4.69) is 15.3 Å². The number of benzene rings is 1. The smallest absolute Gasteiger partial charge is 0.251 e. The largest absolute Gasteiger partial charge is 0.325 e. The Hall–Kier alpha value is -2.08. The van der Waals surface area contributed by atoms with Gasteiger partial charge in [0, 0.05) is 17.4 Å². The fourth-order valence-corrected chi connectivity index (χ4v) is 2.72. The second kappa shape index (κ2) is 7.26. The summed E-state index contributed by atoms with van der Waals surface area (Å²) in [5, 5.41) is 3.00. The van der Waals surface area contributed by atoms with E-state index in [4.69, 9.17) is 0 Å². The quantitative estimate of drug-likeness (QED) is 0.657. The maximum atomic E-state index is 12.3. The molecule has 1 unspecified atom stereocenters. The minimum Gasteiger partial charge on any atom is -0.325 e. The molecule has 116 valence electrons. The van der Waals surface area contributed by atoms with E-state index < -0.39 is 0 Å². The first kappa shape index (κ1) is 16.3. The van der Waals surface area contributed by atoms with Gasteiger partial charge in [0.25, 0.3) is 5.56 Å². The molecule has 0 aliphatic rings. The van der Waals surface area contributed by atoms with Gasteiger partial charge in [0.1, 0.15) is 0 Å². The van der Waals surface area contributed by atoms with Crippen molar-refractivity contribution in [2.24, 2.45) is 0 Å². The Balaban J connectivity index is 2.07. The number of carbonyl (C=O) groups excluding carboxylic acids is 1. The Morgan fingerprint density at radius 1 is 1.41 bits per heavy atom. The normalized spacial score (nSPS) is 12.0. The van der Waals surface area contributed by atoms with Crippen LogP contribution in [-0.4, -0.2) is 21.1 Å². The van der Waals surface area contributed by atoms with Gasteiger partial charge in [-0.15, -0.1) is 0 Å². The van der Waals surface area contributed by atoms with Gasteiger partial charge in [0.2, 0.25) is 5.91 Å². The molecule has 1 aromatic heterocycles. The fraction of sp³-hybridized carbons (Fsp3) is 0.312. The highest BCUT2D eigenvalue weighted by molar-refractivity contribution is 8.00. The van der Waals surface area contributed by atoms with Crippen LogP contribution in [0.4, 0.5) is 5.69 Å². The van der Waals surface area contributed by atoms with Crippen molar-refractivity contribution in [1.29, 1.82) is 0 Å². The molecule has 0 radical (unpaired) electrons. The first-order valence-corrected chi connectivity index (χ1v) is 8.01. The van der Waals surface area contributed by atoms with Crippen LogP contribution in [0, 0.1) is 6.92 Å². The molecule has 0 aliphatic heterocycles. The molecule has 0 aliphatic carbocycles. The van der Waals surface area contributed by atoms with E-state index in [1.165, 1.54) is 17.8 Å². The third-order valence-corrected chi connectivity index (χ3v) is 4.18. The van der Waals surface area contributed by atoms with Crippen molar-refractivity contribution in [3.05, 3.63) is 51.9 Å². The summed E-state index contributed by atoms with van der Waals surface area (Å²) in [6.45, 7) is 5.67. The Morgan fingerprint density at radius 2 is 2.14 bits per heavy atom. The summed E-state index contributed by atoms with van der Waals surface area (Å²) in [6.07, 6.45) is 0.682. The van der Waals surface area contributed by atoms with E-state index in [-0.39, 0.29) is 16.7 Å². The lowest BCUT2D eigenvalue weighted by molar-refractivity contribution is -0.115. The molecule has 6 heteroatoms. The van der Waals surface area contributed by atoms with E-state index in [0.29, 0.717) is 11.6 Å². The lowest BCUT2D eigenvalue weighted by Gasteiger charge is -2.13. The van der Waals surface area contributed by atoms with Gasteiger partial charge in [0.05, 0.1) is 5.25 Å². The molecule has 0 saturated heterocycles. The SMILES string of the molecule is CCc1cc(=O)[nH]c(SC(C)C(=O)Nc2ccccc2C)n1. The molecular formula is C16H19N3O2S. The Bertz CT molecular complexity index is 727. The number of rotatable bonds is 5. The van der Waals surface area contributed by atoms with Crippen LogP contribution in [0.5, 0.6) is 0 Å². The first-order chi connectivity index (χ1) is 10.5. The van der Waals surface area contributed by atoms with Crippen molar-refractivity contribution < 1.29 is 4.79 Å². The predicted octanol–water partition coefficient (Wildman–Crippen LogP) is 2.76. The number of hydrogen-bond donors (Lipinski definition) is 2. The van der Waals surface area contributed by atoms with Crippen LogP contribution in [-0.2, 0) is 11.2 Å². The Labute approximate surface area is 133 Å². The molecule has 2 rings (SSSR count). The zero-order valence-electron chi connectivity index (χ0n) is 12.8. The third-order valence-electron chi connectivity index (χ3n) is 3.20. The molecule has 0 fully saturated rings. The molecule has 0 spiro atoms. The topological polar surface area (TPSA) is 74.8 Å². The summed E-state index contributed by atoms with van der Waals surface area (Å²) in [5.74, 6) is -0.121. The molecule has 1 amide bonds. The number of aromatic amines is 1. The highest BCUT2D eigenvalue weighted by Crippen LogP contribution is 2.21. The van der Waals surface area contributed by atoms with Crippen LogP contribution in [0.1, 0.15) is 25.1 Å². The van der Waals surface area contributed by atoms with Gasteiger partial charge in [-0.2, -0.15) is 0 Å². The fourth-order valence-electron chi connectivity index (χ4n) is 1.89. The molecule has 2 aromatic rings. The standard InChI is InChI=1S/C16H19N3O2S/c1-4-12-9-14(20)19-16(17-12)22-11(3)15(21)18-13-8-6-5-7-10(13)2/h5-9,11H,4H2,1-3H3,(H,18,21)(H,17,19,20). The van der Waals surface area contributed by atoms with Crippen molar-refractivity contribution in [1.82, 2.24) is 9.97 Å². The highest BCUT2D eigenvalue weighted by atomic mass is 32.2. The lowest BCUT2D eigenvalue weighted by Crippen LogP contribution is -2.23. The van der Waals surface area contributed by atoms with Gasteiger partial charge >= 0.3 is 0 Å². The van der Waals surface area contributed by atoms with E-state index in [0.717, 1.165) is 16.9 Å². The zero-order chi connectivity index (χ0) is 16.1. The van der Waals surface area contributed by atoms with E-state index in [1.54, 1.807) is 6.92 Å². The summed E-state index contributed by atoms with van der Waals surface area (Å²) in [7, 11) is 0. The predicted molar refractivity (Wildman–Crippen MR) is 89.4 cm³/mol. The average Bonchev–Trinajstić information content (AvgIpc) is 2.48. The molecule has 1 aromatic carbocycles.